The number of benzene rings is 1. The molecule has 0 aliphatic carbocycles. The molecule has 2 nitrogen and oxygen atoms in total. The van der Waals surface area contributed by atoms with Crippen LogP contribution >= 0.6 is 22.9 Å². The summed E-state index contributed by atoms with van der Waals surface area (Å²) in [6.07, 6.45) is 0. The monoisotopic (exact) mass is 346 g/mol. The molecular weight excluding hydrogens is 324 g/mol. The van der Waals surface area contributed by atoms with Gasteiger partial charge in [-0.05, 0) is 49.1 Å². The van der Waals surface area contributed by atoms with E-state index in [1.54, 1.807) is 11.3 Å². The van der Waals surface area contributed by atoms with E-state index in [2.05, 4.69) is 54.1 Å². The van der Waals surface area contributed by atoms with Crippen LogP contribution in [0.25, 0.3) is 0 Å². The zero-order valence-corrected chi connectivity index (χ0v) is 15.3. The normalized spacial score (nSPS) is 28.4. The highest BCUT2D eigenvalue weighted by Gasteiger charge is 2.46. The summed E-state index contributed by atoms with van der Waals surface area (Å²) in [7, 11) is 2.29. The second-order valence-corrected chi connectivity index (χ2v) is 8.86. The number of nitrogens with zero attached hydrogens (tertiary/aromatic N) is 2. The van der Waals surface area contributed by atoms with Crippen molar-refractivity contribution in [2.45, 2.75) is 19.5 Å². The van der Waals surface area contributed by atoms with Crippen LogP contribution in [-0.2, 0) is 6.54 Å². The van der Waals surface area contributed by atoms with Gasteiger partial charge in [0.15, 0.2) is 0 Å². The molecule has 0 radical (unpaired) electrons. The van der Waals surface area contributed by atoms with Gasteiger partial charge in [0.05, 0.1) is 4.34 Å². The Morgan fingerprint density at radius 2 is 1.96 bits per heavy atom. The molecule has 1 aromatic carbocycles. The molecular formula is C19H23ClN2S. The molecule has 1 aromatic heterocycles. The van der Waals surface area contributed by atoms with Gasteiger partial charge in [0, 0.05) is 37.1 Å². The van der Waals surface area contributed by atoms with E-state index in [4.69, 9.17) is 11.6 Å². The van der Waals surface area contributed by atoms with Gasteiger partial charge in [-0.25, -0.2) is 0 Å². The lowest BCUT2D eigenvalue weighted by atomic mass is 9.88. The van der Waals surface area contributed by atoms with Crippen molar-refractivity contribution in [3.05, 3.63) is 56.7 Å². The van der Waals surface area contributed by atoms with E-state index in [0.717, 1.165) is 22.7 Å². The van der Waals surface area contributed by atoms with Gasteiger partial charge in [-0.2, -0.15) is 0 Å². The third-order valence-electron chi connectivity index (χ3n) is 5.49. The molecule has 3 heterocycles. The average Bonchev–Trinajstić information content (AvgIpc) is 3.15. The number of likely N-dealkylation sites (tertiary alicyclic amines) is 2. The Labute approximate surface area is 147 Å². The van der Waals surface area contributed by atoms with Crippen molar-refractivity contribution in [1.29, 1.82) is 0 Å². The minimum absolute atomic E-state index is 0.568. The fourth-order valence-corrected chi connectivity index (χ4v) is 5.65. The third kappa shape index (κ3) is 2.96. The van der Waals surface area contributed by atoms with Gasteiger partial charge >= 0.3 is 0 Å². The number of aryl methyl sites for hydroxylation is 1. The smallest absolute Gasteiger partial charge is 0.0931 e. The van der Waals surface area contributed by atoms with Gasteiger partial charge in [0.1, 0.15) is 0 Å². The summed E-state index contributed by atoms with van der Waals surface area (Å²) in [6.45, 7) is 6.92. The number of thiophene rings is 1. The Hall–Kier alpha value is -0.870. The molecule has 2 saturated heterocycles. The number of halogens is 1. The first-order chi connectivity index (χ1) is 11.1. The third-order valence-corrected chi connectivity index (χ3v) is 6.70. The zero-order chi connectivity index (χ0) is 16.0. The lowest BCUT2D eigenvalue weighted by molar-refractivity contribution is 0.225. The Balaban J connectivity index is 1.52. The van der Waals surface area contributed by atoms with Crippen LogP contribution in [0.15, 0.2) is 36.4 Å². The molecule has 23 heavy (non-hydrogen) atoms. The molecule has 2 fully saturated rings. The summed E-state index contributed by atoms with van der Waals surface area (Å²) < 4.78 is 0.900. The fraction of sp³-hybridized carbons (Fsp3) is 0.474. The summed E-state index contributed by atoms with van der Waals surface area (Å²) in [5, 5.41) is 0. The molecule has 4 heteroatoms. The van der Waals surface area contributed by atoms with Crippen molar-refractivity contribution < 1.29 is 0 Å². The first-order valence-corrected chi connectivity index (χ1v) is 9.53. The molecule has 2 aromatic rings. The van der Waals surface area contributed by atoms with E-state index in [1.165, 1.54) is 35.6 Å². The van der Waals surface area contributed by atoms with E-state index in [1.807, 2.05) is 6.07 Å². The summed E-state index contributed by atoms with van der Waals surface area (Å²) >= 11 is 7.79. The highest BCUT2D eigenvalue weighted by molar-refractivity contribution is 7.16. The maximum atomic E-state index is 6.07. The molecule has 0 N–H and O–H groups in total. The molecule has 0 bridgehead atoms. The Bertz CT molecular complexity index is 698. The van der Waals surface area contributed by atoms with Crippen LogP contribution in [0, 0.1) is 18.8 Å². The Morgan fingerprint density at radius 3 is 2.70 bits per heavy atom. The van der Waals surface area contributed by atoms with E-state index < -0.39 is 0 Å². The summed E-state index contributed by atoms with van der Waals surface area (Å²) in [5.41, 5.74) is 2.94. The molecule has 2 aliphatic heterocycles. The molecule has 0 saturated carbocycles. The number of hydrogen-bond donors (Lipinski definition) is 0. The minimum Gasteiger partial charge on any atom is -0.299 e. The molecule has 0 unspecified atom stereocenters. The van der Waals surface area contributed by atoms with Crippen LogP contribution in [0.1, 0.15) is 22.0 Å². The van der Waals surface area contributed by atoms with Gasteiger partial charge in [0.2, 0.25) is 0 Å². The predicted molar refractivity (Wildman–Crippen MR) is 98.1 cm³/mol. The fourth-order valence-electron chi connectivity index (χ4n) is 4.52. The molecule has 2 aliphatic rings. The van der Waals surface area contributed by atoms with Gasteiger partial charge in [-0.1, -0.05) is 35.9 Å². The lowest BCUT2D eigenvalue weighted by Gasteiger charge is -2.28. The molecule has 4 rings (SSSR count). The van der Waals surface area contributed by atoms with Crippen molar-refractivity contribution >= 4 is 22.9 Å². The van der Waals surface area contributed by atoms with Crippen molar-refractivity contribution in [1.82, 2.24) is 9.80 Å². The van der Waals surface area contributed by atoms with Crippen molar-refractivity contribution in [2.24, 2.45) is 11.8 Å². The van der Waals surface area contributed by atoms with Crippen molar-refractivity contribution in [3.63, 3.8) is 0 Å². The highest BCUT2D eigenvalue weighted by Crippen LogP contribution is 2.45. The van der Waals surface area contributed by atoms with E-state index in [0.29, 0.717) is 6.04 Å². The minimum atomic E-state index is 0.568. The van der Waals surface area contributed by atoms with Crippen LogP contribution in [0.2, 0.25) is 4.34 Å². The average molecular weight is 347 g/mol. The SMILES string of the molecule is Cc1ccccc1[C@H]1[C@@H]2CN(Cc3ccc(Cl)s3)C[C@@H]2CN1C. The molecule has 0 spiro atoms. The van der Waals surface area contributed by atoms with Crippen LogP contribution in [0.3, 0.4) is 0 Å². The highest BCUT2D eigenvalue weighted by atomic mass is 35.5. The van der Waals surface area contributed by atoms with Gasteiger partial charge in [-0.15, -0.1) is 11.3 Å². The quantitative estimate of drug-likeness (QED) is 0.810. The first kappa shape index (κ1) is 15.6. The number of hydrogen-bond acceptors (Lipinski definition) is 3. The second kappa shape index (κ2) is 6.21. The predicted octanol–water partition coefficient (Wildman–Crippen LogP) is 4.44. The standard InChI is InChI=1S/C19H23ClN2S/c1-13-5-3-4-6-16(13)19-17-12-22(10-14(17)9-21(19)2)11-15-7-8-18(20)23-15/h3-8,14,17,19H,9-12H2,1-2H3/t14-,17+,19-/m0/s1. The molecule has 3 atom stereocenters. The van der Waals surface area contributed by atoms with E-state index in [9.17, 15) is 0 Å². The molecule has 122 valence electrons. The van der Waals surface area contributed by atoms with Gasteiger partial charge in [0.25, 0.3) is 0 Å². The number of rotatable bonds is 3. The van der Waals surface area contributed by atoms with E-state index >= 15 is 0 Å². The van der Waals surface area contributed by atoms with Crippen molar-refractivity contribution in [3.8, 4) is 0 Å². The van der Waals surface area contributed by atoms with Crippen molar-refractivity contribution in [2.75, 3.05) is 26.7 Å². The molecule has 0 amide bonds. The van der Waals surface area contributed by atoms with Crippen LogP contribution in [0.4, 0.5) is 0 Å². The maximum Gasteiger partial charge on any atom is 0.0931 e. The number of fused-ring (bicyclic) bond motifs is 1. The lowest BCUT2D eigenvalue weighted by Crippen LogP contribution is -2.29. The zero-order valence-electron chi connectivity index (χ0n) is 13.7. The summed E-state index contributed by atoms with van der Waals surface area (Å²) in [4.78, 5) is 6.57. The largest absolute Gasteiger partial charge is 0.299 e. The van der Waals surface area contributed by atoms with Crippen LogP contribution < -0.4 is 0 Å². The summed E-state index contributed by atoms with van der Waals surface area (Å²) in [5.74, 6) is 1.54. The van der Waals surface area contributed by atoms with E-state index in [-0.39, 0.29) is 0 Å². The van der Waals surface area contributed by atoms with Crippen LogP contribution in [-0.4, -0.2) is 36.5 Å². The topological polar surface area (TPSA) is 6.48 Å². The van der Waals surface area contributed by atoms with Crippen LogP contribution in [0.5, 0.6) is 0 Å². The second-order valence-electron chi connectivity index (χ2n) is 7.06. The Kier molecular flexibility index (Phi) is 4.22. The Morgan fingerprint density at radius 1 is 1.13 bits per heavy atom. The van der Waals surface area contributed by atoms with Gasteiger partial charge < -0.3 is 0 Å². The maximum absolute atomic E-state index is 6.07. The summed E-state index contributed by atoms with van der Waals surface area (Å²) in [6, 6.07) is 13.7. The first-order valence-electron chi connectivity index (χ1n) is 8.34. The van der Waals surface area contributed by atoms with Gasteiger partial charge in [-0.3, -0.25) is 9.80 Å².